The van der Waals surface area contributed by atoms with Gasteiger partial charge in [-0.25, -0.2) is 4.79 Å². The molecule has 0 spiro atoms. The maximum atomic E-state index is 13.0. The summed E-state index contributed by atoms with van der Waals surface area (Å²) in [6.45, 7) is 7.05. The zero-order chi connectivity index (χ0) is 20.1. The molecule has 1 aliphatic heterocycles. The molecule has 0 bridgehead atoms. The molecule has 0 unspecified atom stereocenters. The second-order valence-corrected chi connectivity index (χ2v) is 7.96. The van der Waals surface area contributed by atoms with Crippen molar-refractivity contribution in [3.63, 3.8) is 0 Å². The van der Waals surface area contributed by atoms with Crippen LogP contribution in [0.3, 0.4) is 0 Å². The van der Waals surface area contributed by atoms with Gasteiger partial charge in [0, 0.05) is 13.1 Å². The van der Waals surface area contributed by atoms with Gasteiger partial charge in [-0.1, -0.05) is 60.7 Å². The Morgan fingerprint density at radius 1 is 0.929 bits per heavy atom. The molecule has 3 rings (SSSR count). The van der Waals surface area contributed by atoms with Gasteiger partial charge in [-0.2, -0.15) is 0 Å². The average molecular weight is 380 g/mol. The van der Waals surface area contributed by atoms with Crippen LogP contribution in [-0.4, -0.2) is 39.8 Å². The molecule has 5 heteroatoms. The van der Waals surface area contributed by atoms with E-state index < -0.39 is 11.6 Å². The standard InChI is InChI=1S/C23H28N2O3/c1-23(2,3)28-22(27)21-20(16-26)24(14-18-10-6-4-7-11-18)17-25(21)15-19-12-8-5-9-13-19/h4-13,26H,14-17H2,1-3H3. The summed E-state index contributed by atoms with van der Waals surface area (Å²) >= 11 is 0. The number of rotatable bonds is 6. The molecule has 0 atom stereocenters. The van der Waals surface area contributed by atoms with Gasteiger partial charge in [-0.3, -0.25) is 0 Å². The third-order valence-corrected chi connectivity index (χ3v) is 4.49. The van der Waals surface area contributed by atoms with Crippen molar-refractivity contribution in [2.45, 2.75) is 39.5 Å². The Balaban J connectivity index is 1.91. The summed E-state index contributed by atoms with van der Waals surface area (Å²) in [5, 5.41) is 10.1. The van der Waals surface area contributed by atoms with Crippen LogP contribution in [0.1, 0.15) is 31.9 Å². The van der Waals surface area contributed by atoms with Gasteiger partial charge in [0.1, 0.15) is 11.3 Å². The zero-order valence-corrected chi connectivity index (χ0v) is 16.8. The molecule has 28 heavy (non-hydrogen) atoms. The molecule has 0 radical (unpaired) electrons. The third-order valence-electron chi connectivity index (χ3n) is 4.49. The van der Waals surface area contributed by atoms with Crippen molar-refractivity contribution < 1.29 is 14.6 Å². The number of ether oxygens (including phenoxy) is 1. The van der Waals surface area contributed by atoms with Gasteiger partial charge >= 0.3 is 5.97 Å². The third kappa shape index (κ3) is 4.93. The normalized spacial score (nSPS) is 14.6. The van der Waals surface area contributed by atoms with Gasteiger partial charge in [0.2, 0.25) is 0 Å². The maximum absolute atomic E-state index is 13.0. The highest BCUT2D eigenvalue weighted by atomic mass is 16.6. The lowest BCUT2D eigenvalue weighted by Crippen LogP contribution is -2.32. The monoisotopic (exact) mass is 380 g/mol. The number of aliphatic hydroxyl groups is 1. The Morgan fingerprint density at radius 2 is 1.43 bits per heavy atom. The van der Waals surface area contributed by atoms with E-state index in [1.54, 1.807) is 0 Å². The summed E-state index contributed by atoms with van der Waals surface area (Å²) in [4.78, 5) is 17.0. The first-order valence-corrected chi connectivity index (χ1v) is 9.52. The van der Waals surface area contributed by atoms with E-state index in [4.69, 9.17) is 4.74 Å². The van der Waals surface area contributed by atoms with Crippen molar-refractivity contribution in [1.82, 2.24) is 9.80 Å². The van der Waals surface area contributed by atoms with Gasteiger partial charge in [0.05, 0.1) is 19.0 Å². The molecular weight excluding hydrogens is 352 g/mol. The van der Waals surface area contributed by atoms with Crippen molar-refractivity contribution >= 4 is 5.97 Å². The lowest BCUT2D eigenvalue weighted by molar-refractivity contribution is -0.151. The smallest absolute Gasteiger partial charge is 0.357 e. The van der Waals surface area contributed by atoms with Gasteiger partial charge < -0.3 is 19.6 Å². The number of hydrogen-bond donors (Lipinski definition) is 1. The Labute approximate surface area is 166 Å². The summed E-state index contributed by atoms with van der Waals surface area (Å²) in [7, 11) is 0. The second-order valence-electron chi connectivity index (χ2n) is 7.96. The largest absolute Gasteiger partial charge is 0.455 e. The van der Waals surface area contributed by atoms with Crippen LogP contribution in [0.2, 0.25) is 0 Å². The van der Waals surface area contributed by atoms with Crippen molar-refractivity contribution in [3.05, 3.63) is 83.2 Å². The van der Waals surface area contributed by atoms with Crippen LogP contribution in [0.4, 0.5) is 0 Å². The summed E-state index contributed by atoms with van der Waals surface area (Å²) in [5.41, 5.74) is 2.67. The van der Waals surface area contributed by atoms with Gasteiger partial charge in [-0.15, -0.1) is 0 Å². The van der Waals surface area contributed by atoms with E-state index in [2.05, 4.69) is 0 Å². The molecule has 0 aliphatic carbocycles. The zero-order valence-electron chi connectivity index (χ0n) is 16.8. The molecule has 1 heterocycles. The van der Waals surface area contributed by atoms with Crippen LogP contribution in [-0.2, 0) is 22.6 Å². The van der Waals surface area contributed by atoms with Gasteiger partial charge in [-0.05, 0) is 31.9 Å². The van der Waals surface area contributed by atoms with Crippen LogP contribution in [0, 0.1) is 0 Å². The van der Waals surface area contributed by atoms with Crippen LogP contribution in [0.25, 0.3) is 0 Å². The predicted octanol–water partition coefficient (Wildman–Crippen LogP) is 3.51. The molecule has 0 saturated heterocycles. The molecule has 0 fully saturated rings. The quantitative estimate of drug-likeness (QED) is 0.778. The number of benzene rings is 2. The fourth-order valence-corrected chi connectivity index (χ4v) is 3.32. The first-order chi connectivity index (χ1) is 13.4. The highest BCUT2D eigenvalue weighted by Crippen LogP contribution is 2.29. The second kappa shape index (κ2) is 8.48. The molecule has 0 aromatic heterocycles. The molecule has 2 aromatic rings. The predicted molar refractivity (Wildman–Crippen MR) is 109 cm³/mol. The number of carbonyl (C=O) groups excluding carboxylic acids is 1. The molecule has 1 N–H and O–H groups in total. The van der Waals surface area contributed by atoms with Crippen molar-refractivity contribution in [2.75, 3.05) is 13.3 Å². The first kappa shape index (κ1) is 20.0. The van der Waals surface area contributed by atoms with Crippen molar-refractivity contribution in [1.29, 1.82) is 0 Å². The van der Waals surface area contributed by atoms with E-state index in [9.17, 15) is 9.90 Å². The van der Waals surface area contributed by atoms with Gasteiger partial charge in [0.15, 0.2) is 0 Å². The maximum Gasteiger partial charge on any atom is 0.357 e. The minimum Gasteiger partial charge on any atom is -0.455 e. The van der Waals surface area contributed by atoms with Crippen LogP contribution in [0.5, 0.6) is 0 Å². The molecule has 148 valence electrons. The Bertz CT molecular complexity index is 826. The van der Waals surface area contributed by atoms with E-state index in [0.717, 1.165) is 11.1 Å². The SMILES string of the molecule is CC(C)(C)OC(=O)C1=C(CO)N(Cc2ccccc2)CN1Cc1ccccc1. The number of esters is 1. The molecular formula is C23H28N2O3. The lowest BCUT2D eigenvalue weighted by Gasteiger charge is -2.25. The van der Waals surface area contributed by atoms with Crippen LogP contribution in [0.15, 0.2) is 72.1 Å². The van der Waals surface area contributed by atoms with Crippen molar-refractivity contribution in [2.24, 2.45) is 0 Å². The molecule has 0 amide bonds. The van der Waals surface area contributed by atoms with Crippen molar-refractivity contribution in [3.8, 4) is 0 Å². The minimum atomic E-state index is -0.601. The Morgan fingerprint density at radius 3 is 1.89 bits per heavy atom. The average Bonchev–Trinajstić information content (AvgIpc) is 2.99. The first-order valence-electron chi connectivity index (χ1n) is 9.52. The minimum absolute atomic E-state index is 0.216. The molecule has 5 nitrogen and oxygen atoms in total. The van der Waals surface area contributed by atoms with E-state index >= 15 is 0 Å². The Kier molecular flexibility index (Phi) is 6.05. The van der Waals surface area contributed by atoms with E-state index in [1.807, 2.05) is 91.2 Å². The summed E-state index contributed by atoms with van der Waals surface area (Å²) in [5.74, 6) is -0.400. The van der Waals surface area contributed by atoms with Crippen LogP contribution < -0.4 is 0 Å². The highest BCUT2D eigenvalue weighted by Gasteiger charge is 2.35. The Hall–Kier alpha value is -2.79. The highest BCUT2D eigenvalue weighted by molar-refractivity contribution is 5.89. The number of hydrogen-bond acceptors (Lipinski definition) is 5. The molecule has 1 aliphatic rings. The van der Waals surface area contributed by atoms with E-state index in [0.29, 0.717) is 31.2 Å². The summed E-state index contributed by atoms with van der Waals surface area (Å²) in [6.07, 6.45) is 0. The fourth-order valence-electron chi connectivity index (χ4n) is 3.32. The van der Waals surface area contributed by atoms with Crippen LogP contribution >= 0.6 is 0 Å². The summed E-state index contributed by atoms with van der Waals surface area (Å²) < 4.78 is 5.64. The molecule has 2 aromatic carbocycles. The number of carbonyl (C=O) groups is 1. The lowest BCUT2D eigenvalue weighted by atomic mass is 10.2. The summed E-state index contributed by atoms with van der Waals surface area (Å²) in [6, 6.07) is 20.0. The van der Waals surface area contributed by atoms with E-state index in [1.165, 1.54) is 0 Å². The van der Waals surface area contributed by atoms with Gasteiger partial charge in [0.25, 0.3) is 0 Å². The molecule has 0 saturated carbocycles. The number of aliphatic hydroxyl groups excluding tert-OH is 1. The van der Waals surface area contributed by atoms with E-state index in [-0.39, 0.29) is 6.61 Å². The topological polar surface area (TPSA) is 53.0 Å². The fraction of sp³-hybridized carbons (Fsp3) is 0.348. The number of nitrogens with zero attached hydrogens (tertiary/aromatic N) is 2.